The van der Waals surface area contributed by atoms with E-state index in [1.807, 2.05) is 12.1 Å². The lowest BCUT2D eigenvalue weighted by atomic mass is 9.89. The van der Waals surface area contributed by atoms with Crippen molar-refractivity contribution in [2.45, 2.75) is 31.7 Å². The summed E-state index contributed by atoms with van der Waals surface area (Å²) in [6.07, 6.45) is 1.61. The zero-order valence-electron chi connectivity index (χ0n) is 10.6. The summed E-state index contributed by atoms with van der Waals surface area (Å²) in [5.41, 5.74) is 6.35. The molecule has 1 aromatic rings. The van der Waals surface area contributed by atoms with E-state index in [9.17, 15) is 9.18 Å². The summed E-state index contributed by atoms with van der Waals surface area (Å²) in [6, 6.07) is 6.44. The average Bonchev–Trinajstić information content (AvgIpc) is 2.38. The van der Waals surface area contributed by atoms with Crippen LogP contribution in [0, 0.1) is 5.82 Å². The molecule has 4 heteroatoms. The maximum atomic E-state index is 13.7. The molecule has 18 heavy (non-hydrogen) atoms. The summed E-state index contributed by atoms with van der Waals surface area (Å²) in [5.74, 6) is 0.0554. The number of hydrogen-bond acceptors (Lipinski definition) is 2. The highest BCUT2D eigenvalue weighted by Gasteiger charge is 2.26. The predicted octanol–water partition coefficient (Wildman–Crippen LogP) is 1.88. The molecule has 1 aliphatic heterocycles. The number of carbonyl (C=O) groups is 1. The van der Waals surface area contributed by atoms with E-state index in [1.54, 1.807) is 17.9 Å². The number of halogens is 1. The van der Waals surface area contributed by atoms with Gasteiger partial charge in [-0.3, -0.25) is 4.79 Å². The Balaban J connectivity index is 1.99. The molecule has 1 saturated heterocycles. The topological polar surface area (TPSA) is 46.3 Å². The number of nitrogens with two attached hydrogens (primary N) is 1. The first kappa shape index (κ1) is 13.0. The number of benzene rings is 1. The number of piperidine rings is 1. The highest BCUT2D eigenvalue weighted by molar-refractivity contribution is 5.81. The lowest BCUT2D eigenvalue weighted by molar-refractivity contribution is -0.133. The SMILES string of the molecule is CC(N)C(=O)N1CCC(c2ccccc2F)CC1. The van der Waals surface area contributed by atoms with Crippen molar-refractivity contribution in [3.05, 3.63) is 35.6 Å². The lowest BCUT2D eigenvalue weighted by Crippen LogP contribution is -2.45. The van der Waals surface area contributed by atoms with Gasteiger partial charge in [-0.25, -0.2) is 4.39 Å². The van der Waals surface area contributed by atoms with Gasteiger partial charge < -0.3 is 10.6 Å². The van der Waals surface area contributed by atoms with Gasteiger partial charge in [0.2, 0.25) is 5.91 Å². The van der Waals surface area contributed by atoms with Crippen molar-refractivity contribution in [1.29, 1.82) is 0 Å². The van der Waals surface area contributed by atoms with Crippen molar-refractivity contribution < 1.29 is 9.18 Å². The van der Waals surface area contributed by atoms with Crippen LogP contribution in [0.25, 0.3) is 0 Å². The fourth-order valence-corrected chi connectivity index (χ4v) is 2.51. The molecule has 0 saturated carbocycles. The van der Waals surface area contributed by atoms with E-state index in [-0.39, 0.29) is 17.6 Å². The summed E-state index contributed by atoms with van der Waals surface area (Å²) >= 11 is 0. The Morgan fingerprint density at radius 3 is 2.56 bits per heavy atom. The minimum absolute atomic E-state index is 0.0121. The van der Waals surface area contributed by atoms with Crippen LogP contribution in [0.15, 0.2) is 24.3 Å². The number of likely N-dealkylation sites (tertiary alicyclic amines) is 1. The maximum Gasteiger partial charge on any atom is 0.239 e. The molecule has 2 rings (SSSR count). The molecule has 1 amide bonds. The average molecular weight is 250 g/mol. The third-order valence-electron chi connectivity index (χ3n) is 3.54. The van der Waals surface area contributed by atoms with E-state index in [4.69, 9.17) is 5.73 Å². The Kier molecular flexibility index (Phi) is 3.97. The molecule has 2 N–H and O–H groups in total. The smallest absolute Gasteiger partial charge is 0.239 e. The van der Waals surface area contributed by atoms with Crippen LogP contribution < -0.4 is 5.73 Å². The van der Waals surface area contributed by atoms with Crippen molar-refractivity contribution in [3.8, 4) is 0 Å². The van der Waals surface area contributed by atoms with E-state index in [1.165, 1.54) is 6.07 Å². The standard InChI is InChI=1S/C14H19FN2O/c1-10(16)14(18)17-8-6-11(7-9-17)12-4-2-3-5-13(12)15/h2-5,10-11H,6-9,16H2,1H3. The second kappa shape index (κ2) is 5.48. The first-order valence-electron chi connectivity index (χ1n) is 6.38. The molecular formula is C14H19FN2O. The van der Waals surface area contributed by atoms with Gasteiger partial charge in [-0.05, 0) is 37.3 Å². The summed E-state index contributed by atoms with van der Waals surface area (Å²) in [6.45, 7) is 3.03. The third-order valence-corrected chi connectivity index (χ3v) is 3.54. The summed E-state index contributed by atoms with van der Waals surface area (Å²) in [5, 5.41) is 0. The van der Waals surface area contributed by atoms with E-state index in [0.717, 1.165) is 18.4 Å². The van der Waals surface area contributed by atoms with Gasteiger partial charge >= 0.3 is 0 Å². The molecule has 98 valence electrons. The minimum Gasteiger partial charge on any atom is -0.341 e. The number of hydrogen-bond donors (Lipinski definition) is 1. The lowest BCUT2D eigenvalue weighted by Gasteiger charge is -2.33. The third kappa shape index (κ3) is 2.70. The first-order chi connectivity index (χ1) is 8.59. The summed E-state index contributed by atoms with van der Waals surface area (Å²) < 4.78 is 13.7. The van der Waals surface area contributed by atoms with Gasteiger partial charge in [-0.15, -0.1) is 0 Å². The van der Waals surface area contributed by atoms with E-state index in [0.29, 0.717) is 13.1 Å². The molecule has 1 atom stereocenters. The van der Waals surface area contributed by atoms with Gasteiger partial charge in [0.05, 0.1) is 6.04 Å². The fraction of sp³-hybridized carbons (Fsp3) is 0.500. The molecule has 3 nitrogen and oxygen atoms in total. The van der Waals surface area contributed by atoms with Crippen LogP contribution in [-0.2, 0) is 4.79 Å². The van der Waals surface area contributed by atoms with Gasteiger partial charge in [-0.2, -0.15) is 0 Å². The molecule has 0 spiro atoms. The van der Waals surface area contributed by atoms with Crippen LogP contribution in [-0.4, -0.2) is 29.9 Å². The maximum absolute atomic E-state index is 13.7. The van der Waals surface area contributed by atoms with Gasteiger partial charge in [0.15, 0.2) is 0 Å². The zero-order valence-corrected chi connectivity index (χ0v) is 10.6. The van der Waals surface area contributed by atoms with Gasteiger partial charge in [0.1, 0.15) is 5.82 Å². The number of nitrogens with zero attached hydrogens (tertiary/aromatic N) is 1. The van der Waals surface area contributed by atoms with Gasteiger partial charge in [-0.1, -0.05) is 18.2 Å². The van der Waals surface area contributed by atoms with Crippen molar-refractivity contribution in [3.63, 3.8) is 0 Å². The monoisotopic (exact) mass is 250 g/mol. The molecule has 1 unspecified atom stereocenters. The zero-order chi connectivity index (χ0) is 13.1. The fourth-order valence-electron chi connectivity index (χ4n) is 2.51. The molecule has 0 aliphatic carbocycles. The van der Waals surface area contributed by atoms with Crippen LogP contribution in [0.4, 0.5) is 4.39 Å². The van der Waals surface area contributed by atoms with E-state index in [2.05, 4.69) is 0 Å². The number of carbonyl (C=O) groups excluding carboxylic acids is 1. The van der Waals surface area contributed by atoms with Crippen LogP contribution in [0.2, 0.25) is 0 Å². The highest BCUT2D eigenvalue weighted by Crippen LogP contribution is 2.29. The van der Waals surface area contributed by atoms with Gasteiger partial charge in [0.25, 0.3) is 0 Å². The molecule has 1 aromatic carbocycles. The largest absolute Gasteiger partial charge is 0.341 e. The van der Waals surface area contributed by atoms with Crippen LogP contribution in [0.1, 0.15) is 31.2 Å². The predicted molar refractivity (Wildman–Crippen MR) is 68.6 cm³/mol. The normalized spacial score (nSPS) is 18.7. The second-order valence-corrected chi connectivity index (χ2v) is 4.91. The highest BCUT2D eigenvalue weighted by atomic mass is 19.1. The number of amides is 1. The van der Waals surface area contributed by atoms with Crippen LogP contribution in [0.3, 0.4) is 0 Å². The molecule has 0 bridgehead atoms. The molecular weight excluding hydrogens is 231 g/mol. The Labute approximate surface area is 107 Å². The van der Waals surface area contributed by atoms with Gasteiger partial charge in [0, 0.05) is 13.1 Å². The molecule has 0 radical (unpaired) electrons. The van der Waals surface area contributed by atoms with Crippen molar-refractivity contribution >= 4 is 5.91 Å². The summed E-state index contributed by atoms with van der Waals surface area (Å²) in [4.78, 5) is 13.5. The molecule has 1 heterocycles. The van der Waals surface area contributed by atoms with Crippen LogP contribution in [0.5, 0.6) is 0 Å². The first-order valence-corrected chi connectivity index (χ1v) is 6.38. The second-order valence-electron chi connectivity index (χ2n) is 4.91. The number of rotatable bonds is 2. The molecule has 1 fully saturated rings. The van der Waals surface area contributed by atoms with Crippen molar-refractivity contribution in [1.82, 2.24) is 4.90 Å². The van der Waals surface area contributed by atoms with Crippen molar-refractivity contribution in [2.75, 3.05) is 13.1 Å². The Morgan fingerprint density at radius 2 is 2.00 bits per heavy atom. The quantitative estimate of drug-likeness (QED) is 0.871. The van der Waals surface area contributed by atoms with Crippen LogP contribution >= 0.6 is 0 Å². The van der Waals surface area contributed by atoms with E-state index >= 15 is 0 Å². The Morgan fingerprint density at radius 1 is 1.39 bits per heavy atom. The van der Waals surface area contributed by atoms with E-state index < -0.39 is 6.04 Å². The van der Waals surface area contributed by atoms with Crippen molar-refractivity contribution in [2.24, 2.45) is 5.73 Å². The minimum atomic E-state index is -0.449. The Bertz CT molecular complexity index is 426. The summed E-state index contributed by atoms with van der Waals surface area (Å²) in [7, 11) is 0. The Hall–Kier alpha value is -1.42. The molecule has 0 aromatic heterocycles. The molecule has 1 aliphatic rings.